The monoisotopic (exact) mass is 292 g/mol. The molecule has 1 aromatic rings. The Hall–Kier alpha value is -1.75. The maximum atomic E-state index is 12.5. The SMILES string of the molecule is COc1ccc(CN(C)C(=O)C2(N)CCCC2)c(OC)c1. The second-order valence-corrected chi connectivity index (χ2v) is 5.70. The highest BCUT2D eigenvalue weighted by molar-refractivity contribution is 5.86. The van der Waals surface area contributed by atoms with Crippen molar-refractivity contribution in [2.45, 2.75) is 37.8 Å². The highest BCUT2D eigenvalue weighted by Crippen LogP contribution is 2.30. The molecule has 1 aliphatic carbocycles. The fourth-order valence-electron chi connectivity index (χ4n) is 2.91. The predicted molar refractivity (Wildman–Crippen MR) is 81.4 cm³/mol. The number of ether oxygens (including phenoxy) is 2. The van der Waals surface area contributed by atoms with E-state index < -0.39 is 5.54 Å². The molecule has 1 fully saturated rings. The van der Waals surface area contributed by atoms with Crippen LogP contribution in [-0.4, -0.2) is 37.6 Å². The number of rotatable bonds is 5. The van der Waals surface area contributed by atoms with Crippen LogP contribution in [0.3, 0.4) is 0 Å². The van der Waals surface area contributed by atoms with Gasteiger partial charge in [-0.05, 0) is 25.0 Å². The third-order valence-electron chi connectivity index (χ3n) is 4.17. The van der Waals surface area contributed by atoms with Crippen LogP contribution < -0.4 is 15.2 Å². The molecule has 0 bridgehead atoms. The fraction of sp³-hybridized carbons (Fsp3) is 0.562. The summed E-state index contributed by atoms with van der Waals surface area (Å²) < 4.78 is 10.6. The summed E-state index contributed by atoms with van der Waals surface area (Å²) in [5, 5.41) is 0. The molecular formula is C16H24N2O3. The number of hydrogen-bond donors (Lipinski definition) is 1. The second kappa shape index (κ2) is 6.35. The van der Waals surface area contributed by atoms with Crippen LogP contribution in [0.4, 0.5) is 0 Å². The molecule has 5 heteroatoms. The predicted octanol–water partition coefficient (Wildman–Crippen LogP) is 1.93. The van der Waals surface area contributed by atoms with Crippen molar-refractivity contribution in [2.75, 3.05) is 21.3 Å². The van der Waals surface area contributed by atoms with Crippen molar-refractivity contribution in [1.82, 2.24) is 4.90 Å². The van der Waals surface area contributed by atoms with Crippen LogP contribution in [0, 0.1) is 0 Å². The van der Waals surface area contributed by atoms with E-state index in [0.717, 1.165) is 37.0 Å². The van der Waals surface area contributed by atoms with Gasteiger partial charge in [0.05, 0.1) is 19.8 Å². The Bertz CT molecular complexity index is 510. The lowest BCUT2D eigenvalue weighted by atomic mass is 9.97. The minimum absolute atomic E-state index is 0.0119. The Morgan fingerprint density at radius 3 is 2.52 bits per heavy atom. The second-order valence-electron chi connectivity index (χ2n) is 5.70. The van der Waals surface area contributed by atoms with Crippen molar-refractivity contribution in [3.63, 3.8) is 0 Å². The molecule has 0 unspecified atom stereocenters. The molecule has 1 amide bonds. The molecule has 0 saturated heterocycles. The van der Waals surface area contributed by atoms with Crippen molar-refractivity contribution in [3.8, 4) is 11.5 Å². The molecule has 0 aromatic heterocycles. The van der Waals surface area contributed by atoms with Gasteiger partial charge in [-0.25, -0.2) is 0 Å². The molecule has 116 valence electrons. The van der Waals surface area contributed by atoms with E-state index in [9.17, 15) is 4.79 Å². The van der Waals surface area contributed by atoms with E-state index >= 15 is 0 Å². The van der Waals surface area contributed by atoms with Gasteiger partial charge in [-0.1, -0.05) is 12.8 Å². The molecule has 21 heavy (non-hydrogen) atoms. The smallest absolute Gasteiger partial charge is 0.242 e. The van der Waals surface area contributed by atoms with Gasteiger partial charge in [0.15, 0.2) is 0 Å². The highest BCUT2D eigenvalue weighted by Gasteiger charge is 2.38. The average molecular weight is 292 g/mol. The van der Waals surface area contributed by atoms with Crippen LogP contribution in [0.25, 0.3) is 0 Å². The van der Waals surface area contributed by atoms with Gasteiger partial charge in [0.2, 0.25) is 5.91 Å². The van der Waals surface area contributed by atoms with Crippen LogP contribution in [0.5, 0.6) is 11.5 Å². The van der Waals surface area contributed by atoms with Crippen molar-refractivity contribution >= 4 is 5.91 Å². The number of methoxy groups -OCH3 is 2. The van der Waals surface area contributed by atoms with Gasteiger partial charge in [0, 0.05) is 25.2 Å². The molecule has 5 nitrogen and oxygen atoms in total. The first-order chi connectivity index (χ1) is 10.00. The van der Waals surface area contributed by atoms with Crippen LogP contribution in [0.15, 0.2) is 18.2 Å². The number of amides is 1. The highest BCUT2D eigenvalue weighted by atomic mass is 16.5. The summed E-state index contributed by atoms with van der Waals surface area (Å²) in [7, 11) is 5.02. The maximum absolute atomic E-state index is 12.5. The first-order valence-electron chi connectivity index (χ1n) is 7.25. The summed E-state index contributed by atoms with van der Waals surface area (Å²) in [5.41, 5.74) is 6.49. The largest absolute Gasteiger partial charge is 0.497 e. The first-order valence-corrected chi connectivity index (χ1v) is 7.25. The Balaban J connectivity index is 2.12. The van der Waals surface area contributed by atoms with Crippen molar-refractivity contribution in [2.24, 2.45) is 5.73 Å². The summed E-state index contributed by atoms with van der Waals surface area (Å²) in [6.07, 6.45) is 3.61. The van der Waals surface area contributed by atoms with Gasteiger partial charge in [-0.3, -0.25) is 4.79 Å². The van der Waals surface area contributed by atoms with E-state index in [2.05, 4.69) is 0 Å². The molecule has 2 rings (SSSR count). The quantitative estimate of drug-likeness (QED) is 0.900. The average Bonchev–Trinajstić information content (AvgIpc) is 2.94. The summed E-state index contributed by atoms with van der Waals surface area (Å²) in [6, 6.07) is 5.60. The lowest BCUT2D eigenvalue weighted by Crippen LogP contribution is -2.52. The Morgan fingerprint density at radius 1 is 1.29 bits per heavy atom. The van der Waals surface area contributed by atoms with E-state index in [1.54, 1.807) is 26.2 Å². The minimum Gasteiger partial charge on any atom is -0.497 e. The molecule has 1 saturated carbocycles. The third kappa shape index (κ3) is 3.29. The summed E-state index contributed by atoms with van der Waals surface area (Å²) in [5.74, 6) is 1.46. The van der Waals surface area contributed by atoms with E-state index in [-0.39, 0.29) is 5.91 Å². The topological polar surface area (TPSA) is 64.8 Å². The van der Waals surface area contributed by atoms with E-state index in [0.29, 0.717) is 12.3 Å². The molecule has 0 aliphatic heterocycles. The standard InChI is InChI=1S/C16H24N2O3/c1-18(15(19)16(17)8-4-5-9-16)11-12-6-7-13(20-2)10-14(12)21-3/h6-7,10H,4-5,8-9,11,17H2,1-3H3. The van der Waals surface area contributed by atoms with Crippen LogP contribution >= 0.6 is 0 Å². The van der Waals surface area contributed by atoms with Crippen LogP contribution in [0.2, 0.25) is 0 Å². The normalized spacial score (nSPS) is 16.6. The Morgan fingerprint density at radius 2 is 1.95 bits per heavy atom. The summed E-state index contributed by atoms with van der Waals surface area (Å²) in [6.45, 7) is 0.477. The molecule has 0 heterocycles. The van der Waals surface area contributed by atoms with E-state index in [1.165, 1.54) is 0 Å². The lowest BCUT2D eigenvalue weighted by molar-refractivity contribution is -0.136. The number of carbonyl (C=O) groups excluding carboxylic acids is 1. The Labute approximate surface area is 126 Å². The zero-order valence-corrected chi connectivity index (χ0v) is 13.0. The molecule has 1 aliphatic rings. The Kier molecular flexibility index (Phi) is 4.73. The fourth-order valence-corrected chi connectivity index (χ4v) is 2.91. The molecular weight excluding hydrogens is 268 g/mol. The maximum Gasteiger partial charge on any atom is 0.242 e. The van der Waals surface area contributed by atoms with Crippen LogP contribution in [0.1, 0.15) is 31.2 Å². The number of nitrogens with two attached hydrogens (primary N) is 1. The molecule has 2 N–H and O–H groups in total. The molecule has 1 aromatic carbocycles. The third-order valence-corrected chi connectivity index (χ3v) is 4.17. The van der Waals surface area contributed by atoms with Crippen molar-refractivity contribution < 1.29 is 14.3 Å². The number of benzene rings is 1. The number of nitrogens with zero attached hydrogens (tertiary/aromatic N) is 1. The van der Waals surface area contributed by atoms with Crippen molar-refractivity contribution in [3.05, 3.63) is 23.8 Å². The van der Waals surface area contributed by atoms with E-state index in [4.69, 9.17) is 15.2 Å². The van der Waals surface area contributed by atoms with Gasteiger partial charge in [0.25, 0.3) is 0 Å². The van der Waals surface area contributed by atoms with E-state index in [1.807, 2.05) is 18.2 Å². The lowest BCUT2D eigenvalue weighted by Gasteiger charge is -2.29. The van der Waals surface area contributed by atoms with Gasteiger partial charge in [-0.15, -0.1) is 0 Å². The minimum atomic E-state index is -0.686. The zero-order valence-electron chi connectivity index (χ0n) is 13.0. The number of hydrogen-bond acceptors (Lipinski definition) is 4. The first kappa shape index (κ1) is 15.6. The van der Waals surface area contributed by atoms with Crippen LogP contribution in [-0.2, 0) is 11.3 Å². The van der Waals surface area contributed by atoms with Gasteiger partial charge < -0.3 is 20.1 Å². The van der Waals surface area contributed by atoms with Crippen molar-refractivity contribution in [1.29, 1.82) is 0 Å². The number of likely N-dealkylation sites (N-methyl/N-ethyl adjacent to an activating group) is 1. The van der Waals surface area contributed by atoms with Gasteiger partial charge in [0.1, 0.15) is 11.5 Å². The zero-order chi connectivity index (χ0) is 15.5. The van der Waals surface area contributed by atoms with Gasteiger partial charge in [-0.2, -0.15) is 0 Å². The molecule has 0 spiro atoms. The molecule has 0 atom stereocenters. The molecule has 0 radical (unpaired) electrons. The summed E-state index contributed by atoms with van der Waals surface area (Å²) in [4.78, 5) is 14.2. The number of carbonyl (C=O) groups is 1. The summed E-state index contributed by atoms with van der Waals surface area (Å²) >= 11 is 0. The van der Waals surface area contributed by atoms with Gasteiger partial charge >= 0.3 is 0 Å².